The maximum absolute atomic E-state index is 13.3. The first-order chi connectivity index (χ1) is 20.4. The number of aliphatic hydroxyl groups excluding tert-OH is 1. The lowest BCUT2D eigenvalue weighted by Crippen LogP contribution is -2.58. The first-order valence-corrected chi connectivity index (χ1v) is 14.4. The van der Waals surface area contributed by atoms with Crippen LogP contribution in [0.5, 0.6) is 0 Å². The van der Waals surface area contributed by atoms with Crippen LogP contribution >= 0.6 is 0 Å². The van der Waals surface area contributed by atoms with Crippen molar-refractivity contribution >= 4 is 18.0 Å². The fraction of sp³-hybridized carbons (Fsp3) is 0.364. The molecule has 0 radical (unpaired) electrons. The van der Waals surface area contributed by atoms with Gasteiger partial charge in [-0.1, -0.05) is 78.9 Å². The summed E-state index contributed by atoms with van der Waals surface area (Å²) < 4.78 is 5.81. The molecule has 0 saturated carbocycles. The number of carbonyl (C=O) groups is 3. The molecule has 3 aromatic rings. The van der Waals surface area contributed by atoms with Crippen LogP contribution in [0.2, 0.25) is 0 Å². The Morgan fingerprint density at radius 1 is 0.905 bits per heavy atom. The number of benzene rings is 3. The molecule has 42 heavy (non-hydrogen) atoms. The molecule has 0 spiro atoms. The Morgan fingerprint density at radius 2 is 1.50 bits per heavy atom. The first-order valence-electron chi connectivity index (χ1n) is 14.4. The van der Waals surface area contributed by atoms with Gasteiger partial charge in [0.05, 0.1) is 5.54 Å². The SMILES string of the molecule is O=C(CC1(NC(=O)OCC2c3ccccc3-c3ccccc32)CCN(Cc2ccccc2)CC1)N[C@H](CCO)C(=O)O. The van der Waals surface area contributed by atoms with E-state index in [0.29, 0.717) is 25.9 Å². The molecule has 4 N–H and O–H groups in total. The minimum Gasteiger partial charge on any atom is -0.480 e. The molecule has 9 heteroatoms. The summed E-state index contributed by atoms with van der Waals surface area (Å²) in [6, 6.07) is 25.1. The highest BCUT2D eigenvalue weighted by Gasteiger charge is 2.39. The second kappa shape index (κ2) is 13.2. The van der Waals surface area contributed by atoms with Crippen molar-refractivity contribution in [1.29, 1.82) is 0 Å². The molecule has 1 fully saturated rings. The summed E-state index contributed by atoms with van der Waals surface area (Å²) in [5, 5.41) is 24.2. The number of amides is 2. The number of aliphatic hydroxyl groups is 1. The predicted molar refractivity (Wildman–Crippen MR) is 158 cm³/mol. The number of carboxylic acids is 1. The van der Waals surface area contributed by atoms with E-state index in [1.54, 1.807) is 0 Å². The maximum atomic E-state index is 13.3. The lowest BCUT2D eigenvalue weighted by atomic mass is 9.83. The van der Waals surface area contributed by atoms with Gasteiger partial charge in [0.1, 0.15) is 12.6 Å². The number of rotatable bonds is 11. The number of alkyl carbamates (subject to hydrolysis) is 1. The maximum Gasteiger partial charge on any atom is 0.407 e. The van der Waals surface area contributed by atoms with E-state index in [9.17, 15) is 24.6 Å². The van der Waals surface area contributed by atoms with Gasteiger partial charge < -0.3 is 25.6 Å². The van der Waals surface area contributed by atoms with Gasteiger partial charge >= 0.3 is 12.1 Å². The minimum absolute atomic E-state index is 0.0917. The summed E-state index contributed by atoms with van der Waals surface area (Å²) >= 11 is 0. The topological polar surface area (TPSA) is 128 Å². The van der Waals surface area contributed by atoms with Crippen molar-refractivity contribution in [3.8, 4) is 11.1 Å². The van der Waals surface area contributed by atoms with E-state index in [-0.39, 0.29) is 32.0 Å². The zero-order valence-electron chi connectivity index (χ0n) is 23.5. The molecule has 5 rings (SSSR count). The molecule has 1 heterocycles. The normalized spacial score (nSPS) is 16.6. The molecule has 1 atom stereocenters. The van der Waals surface area contributed by atoms with E-state index in [1.807, 2.05) is 42.5 Å². The molecular weight excluding hydrogens is 534 g/mol. The van der Waals surface area contributed by atoms with Gasteiger partial charge in [-0.2, -0.15) is 0 Å². The Morgan fingerprint density at radius 3 is 2.10 bits per heavy atom. The molecular formula is C33H37N3O6. The van der Waals surface area contributed by atoms with Crippen LogP contribution in [-0.2, 0) is 20.9 Å². The van der Waals surface area contributed by atoms with E-state index in [4.69, 9.17) is 4.74 Å². The van der Waals surface area contributed by atoms with Gasteiger partial charge in [0.2, 0.25) is 5.91 Å². The second-order valence-corrected chi connectivity index (χ2v) is 11.1. The Kier molecular flexibility index (Phi) is 9.19. The van der Waals surface area contributed by atoms with Gasteiger partial charge in [0.15, 0.2) is 0 Å². The van der Waals surface area contributed by atoms with Crippen molar-refractivity contribution in [3.05, 3.63) is 95.6 Å². The van der Waals surface area contributed by atoms with Gasteiger partial charge in [-0.3, -0.25) is 9.69 Å². The van der Waals surface area contributed by atoms with Crippen molar-refractivity contribution in [2.24, 2.45) is 0 Å². The van der Waals surface area contributed by atoms with Gasteiger partial charge in [0.25, 0.3) is 0 Å². The molecule has 220 valence electrons. The van der Waals surface area contributed by atoms with E-state index in [2.05, 4.69) is 51.9 Å². The third-order valence-corrected chi connectivity index (χ3v) is 8.32. The molecule has 0 aromatic heterocycles. The number of carbonyl (C=O) groups excluding carboxylic acids is 2. The fourth-order valence-electron chi connectivity index (χ4n) is 6.12. The van der Waals surface area contributed by atoms with Gasteiger partial charge in [-0.05, 0) is 40.7 Å². The highest BCUT2D eigenvalue weighted by Crippen LogP contribution is 2.44. The van der Waals surface area contributed by atoms with E-state index < -0.39 is 29.6 Å². The Labute approximate surface area is 245 Å². The molecule has 0 bridgehead atoms. The molecule has 2 amide bonds. The highest BCUT2D eigenvalue weighted by molar-refractivity contribution is 5.85. The number of carboxylic acid groups (broad SMARTS) is 1. The number of aliphatic carboxylic acids is 1. The summed E-state index contributed by atoms with van der Waals surface area (Å²) in [6.07, 6.45) is 0.195. The van der Waals surface area contributed by atoms with Crippen molar-refractivity contribution in [2.45, 2.75) is 49.7 Å². The molecule has 9 nitrogen and oxygen atoms in total. The molecule has 3 aromatic carbocycles. The third kappa shape index (κ3) is 6.80. The lowest BCUT2D eigenvalue weighted by molar-refractivity contribution is -0.142. The van der Waals surface area contributed by atoms with Crippen molar-refractivity contribution in [1.82, 2.24) is 15.5 Å². The van der Waals surface area contributed by atoms with Gasteiger partial charge in [0, 0.05) is 45.0 Å². The van der Waals surface area contributed by atoms with Crippen molar-refractivity contribution < 1.29 is 29.3 Å². The minimum atomic E-state index is -1.21. The molecule has 1 aliphatic heterocycles. The number of nitrogens with zero attached hydrogens (tertiary/aromatic N) is 1. The Hall–Kier alpha value is -4.21. The smallest absolute Gasteiger partial charge is 0.407 e. The van der Waals surface area contributed by atoms with Crippen LogP contribution in [0.4, 0.5) is 4.79 Å². The number of likely N-dealkylation sites (tertiary alicyclic amines) is 1. The van der Waals surface area contributed by atoms with Crippen LogP contribution in [0.25, 0.3) is 11.1 Å². The van der Waals surface area contributed by atoms with Crippen LogP contribution in [0.1, 0.15) is 48.3 Å². The number of fused-ring (bicyclic) bond motifs is 3. The van der Waals surface area contributed by atoms with Crippen molar-refractivity contribution in [2.75, 3.05) is 26.3 Å². The number of hydrogen-bond acceptors (Lipinski definition) is 6. The molecule has 1 aliphatic carbocycles. The Balaban J connectivity index is 1.27. The predicted octanol–water partition coefficient (Wildman–Crippen LogP) is 3.90. The molecule has 1 saturated heterocycles. The van der Waals surface area contributed by atoms with E-state index >= 15 is 0 Å². The monoisotopic (exact) mass is 571 g/mol. The van der Waals surface area contributed by atoms with Crippen LogP contribution < -0.4 is 10.6 Å². The van der Waals surface area contributed by atoms with E-state index in [0.717, 1.165) is 28.8 Å². The largest absolute Gasteiger partial charge is 0.480 e. The zero-order chi connectivity index (χ0) is 29.5. The van der Waals surface area contributed by atoms with Gasteiger partial charge in [-0.25, -0.2) is 9.59 Å². The van der Waals surface area contributed by atoms with Crippen LogP contribution in [0.3, 0.4) is 0 Å². The van der Waals surface area contributed by atoms with Crippen molar-refractivity contribution in [3.63, 3.8) is 0 Å². The van der Waals surface area contributed by atoms with Crippen LogP contribution in [-0.4, -0.2) is 71.0 Å². The van der Waals surface area contributed by atoms with Crippen LogP contribution in [0.15, 0.2) is 78.9 Å². The standard InChI is InChI=1S/C33H37N3O6/c37-19-14-29(31(39)40)34-30(38)20-33(15-17-36(18-16-33)21-23-8-2-1-3-9-23)35-32(41)42-22-28-26-12-6-4-10-24(26)25-11-5-7-13-27(25)28/h1-13,28-29,37H,14-22H2,(H,34,38)(H,35,41)(H,39,40)/t29-/m1/s1. The summed E-state index contributed by atoms with van der Waals surface area (Å²) in [4.78, 5) is 40.1. The summed E-state index contributed by atoms with van der Waals surface area (Å²) in [5.41, 5.74) is 4.77. The number of nitrogens with one attached hydrogen (secondary N) is 2. The molecule has 2 aliphatic rings. The summed E-state index contributed by atoms with van der Waals surface area (Å²) in [5.74, 6) is -1.80. The number of hydrogen-bond donors (Lipinski definition) is 4. The zero-order valence-corrected chi connectivity index (χ0v) is 23.5. The third-order valence-electron chi connectivity index (χ3n) is 8.32. The fourth-order valence-corrected chi connectivity index (χ4v) is 6.12. The summed E-state index contributed by atoms with van der Waals surface area (Å²) in [7, 11) is 0. The Bertz CT molecular complexity index is 1360. The average molecular weight is 572 g/mol. The summed E-state index contributed by atoms with van der Waals surface area (Å²) in [6.45, 7) is 1.83. The van der Waals surface area contributed by atoms with Gasteiger partial charge in [-0.15, -0.1) is 0 Å². The number of piperidine rings is 1. The first kappa shape index (κ1) is 29.3. The lowest BCUT2D eigenvalue weighted by Gasteiger charge is -2.42. The van der Waals surface area contributed by atoms with E-state index in [1.165, 1.54) is 5.56 Å². The number of ether oxygens (including phenoxy) is 1. The quantitative estimate of drug-likeness (QED) is 0.275. The second-order valence-electron chi connectivity index (χ2n) is 11.1. The highest BCUT2D eigenvalue weighted by atomic mass is 16.5. The van der Waals surface area contributed by atoms with Crippen LogP contribution in [0, 0.1) is 0 Å². The average Bonchev–Trinajstić information content (AvgIpc) is 3.31. The molecule has 0 unspecified atom stereocenters.